The van der Waals surface area contributed by atoms with E-state index in [4.69, 9.17) is 0 Å². The summed E-state index contributed by atoms with van der Waals surface area (Å²) in [6.07, 6.45) is 5.41. The van der Waals surface area contributed by atoms with Crippen LogP contribution in [0.25, 0.3) is 22.0 Å². The number of hydrogen-bond donors (Lipinski definition) is 1. The van der Waals surface area contributed by atoms with Crippen molar-refractivity contribution >= 4 is 22.6 Å². The molecule has 40 heavy (non-hydrogen) atoms. The van der Waals surface area contributed by atoms with E-state index in [0.29, 0.717) is 28.2 Å². The summed E-state index contributed by atoms with van der Waals surface area (Å²) in [7, 11) is 2.18. The molecule has 1 saturated heterocycles. The zero-order valence-electron chi connectivity index (χ0n) is 22.4. The highest BCUT2D eigenvalue weighted by Crippen LogP contribution is 2.30. The number of nitrogens with one attached hydrogen (secondary N) is 1. The Kier molecular flexibility index (Phi) is 7.21. The summed E-state index contributed by atoms with van der Waals surface area (Å²) in [6.45, 7) is 2.25. The van der Waals surface area contributed by atoms with Gasteiger partial charge in [0.2, 0.25) is 0 Å². The van der Waals surface area contributed by atoms with Gasteiger partial charge in [0.25, 0.3) is 11.5 Å². The second-order valence-electron chi connectivity index (χ2n) is 10.4. The van der Waals surface area contributed by atoms with Crippen molar-refractivity contribution < 1.29 is 4.79 Å². The third kappa shape index (κ3) is 5.28. The Morgan fingerprint density at radius 1 is 0.875 bits per heavy atom. The van der Waals surface area contributed by atoms with Gasteiger partial charge in [-0.15, -0.1) is 0 Å². The first-order chi connectivity index (χ1) is 19.6. The van der Waals surface area contributed by atoms with Crippen LogP contribution < -0.4 is 10.9 Å². The first kappa shape index (κ1) is 25.6. The molecule has 0 saturated carbocycles. The van der Waals surface area contributed by atoms with Crippen molar-refractivity contribution in [1.29, 1.82) is 0 Å². The van der Waals surface area contributed by atoms with Crippen LogP contribution in [0.1, 0.15) is 35.9 Å². The van der Waals surface area contributed by atoms with E-state index >= 15 is 0 Å². The second kappa shape index (κ2) is 11.2. The van der Waals surface area contributed by atoms with Crippen molar-refractivity contribution in [1.82, 2.24) is 19.4 Å². The molecule has 1 unspecified atom stereocenters. The largest absolute Gasteiger partial charge is 0.309 e. The van der Waals surface area contributed by atoms with Gasteiger partial charge in [0.15, 0.2) is 0 Å². The van der Waals surface area contributed by atoms with Crippen LogP contribution in [0.4, 0.5) is 5.82 Å². The summed E-state index contributed by atoms with van der Waals surface area (Å²) in [5, 5.41) is 3.31. The average Bonchev–Trinajstić information content (AvgIpc) is 3.00. The number of carbonyl (C=O) groups excluding carboxylic acids is 1. The molecule has 1 amide bonds. The summed E-state index contributed by atoms with van der Waals surface area (Å²) in [5.41, 5.74) is 4.34. The minimum absolute atomic E-state index is 0.278. The fourth-order valence-corrected chi connectivity index (χ4v) is 5.49. The van der Waals surface area contributed by atoms with Gasteiger partial charge < -0.3 is 10.2 Å². The molecule has 0 bridgehead atoms. The molecule has 6 rings (SSSR count). The molecular weight excluding hydrogens is 498 g/mol. The molecule has 7 nitrogen and oxygen atoms in total. The predicted molar refractivity (Wildman–Crippen MR) is 158 cm³/mol. The Hall–Kier alpha value is -4.62. The van der Waals surface area contributed by atoms with Gasteiger partial charge in [0.05, 0.1) is 17.2 Å². The number of likely N-dealkylation sites (tertiary alicyclic amines) is 1. The number of aromatic nitrogens is 3. The quantitative estimate of drug-likeness (QED) is 0.314. The van der Waals surface area contributed by atoms with Gasteiger partial charge in [-0.3, -0.25) is 14.2 Å². The molecule has 1 aliphatic rings. The van der Waals surface area contributed by atoms with E-state index in [0.717, 1.165) is 24.2 Å². The van der Waals surface area contributed by atoms with E-state index in [1.165, 1.54) is 29.3 Å². The third-order valence-electron chi connectivity index (χ3n) is 7.77. The summed E-state index contributed by atoms with van der Waals surface area (Å²) < 4.78 is 1.41. The molecule has 5 aromatic rings. The van der Waals surface area contributed by atoms with Gasteiger partial charge in [0, 0.05) is 6.20 Å². The van der Waals surface area contributed by atoms with E-state index in [1.54, 1.807) is 24.4 Å². The Morgan fingerprint density at radius 2 is 1.60 bits per heavy atom. The minimum atomic E-state index is -0.912. The zero-order valence-corrected chi connectivity index (χ0v) is 22.4. The summed E-state index contributed by atoms with van der Waals surface area (Å²) >= 11 is 0. The van der Waals surface area contributed by atoms with Gasteiger partial charge in [-0.2, -0.15) is 0 Å². The zero-order chi connectivity index (χ0) is 27.5. The van der Waals surface area contributed by atoms with Crippen molar-refractivity contribution in [2.45, 2.75) is 24.8 Å². The molecule has 2 aromatic heterocycles. The van der Waals surface area contributed by atoms with Crippen LogP contribution in [0.3, 0.4) is 0 Å². The molecule has 1 atom stereocenters. The van der Waals surface area contributed by atoms with Gasteiger partial charge in [-0.25, -0.2) is 9.97 Å². The molecule has 1 aliphatic heterocycles. The smallest absolute Gasteiger partial charge is 0.262 e. The van der Waals surface area contributed by atoms with Crippen molar-refractivity contribution in [3.63, 3.8) is 0 Å². The highest BCUT2D eigenvalue weighted by atomic mass is 16.2. The van der Waals surface area contributed by atoms with E-state index in [9.17, 15) is 9.59 Å². The van der Waals surface area contributed by atoms with Crippen LogP contribution in [0.5, 0.6) is 0 Å². The van der Waals surface area contributed by atoms with E-state index in [1.807, 2.05) is 48.5 Å². The monoisotopic (exact) mass is 529 g/mol. The van der Waals surface area contributed by atoms with Gasteiger partial charge in [-0.1, -0.05) is 66.7 Å². The highest BCUT2D eigenvalue weighted by Gasteiger charge is 2.25. The van der Waals surface area contributed by atoms with Crippen LogP contribution in [-0.2, 0) is 4.79 Å². The summed E-state index contributed by atoms with van der Waals surface area (Å²) in [4.78, 5) is 38.6. The van der Waals surface area contributed by atoms with Crippen molar-refractivity contribution in [3.05, 3.63) is 125 Å². The Balaban J connectivity index is 1.35. The van der Waals surface area contributed by atoms with E-state index in [2.05, 4.69) is 51.5 Å². The number of piperidine rings is 1. The van der Waals surface area contributed by atoms with E-state index < -0.39 is 6.04 Å². The molecule has 3 aromatic carbocycles. The van der Waals surface area contributed by atoms with Crippen LogP contribution in [0, 0.1) is 0 Å². The van der Waals surface area contributed by atoms with Crippen LogP contribution in [0.2, 0.25) is 0 Å². The molecule has 3 heterocycles. The molecular formula is C33H31N5O2. The lowest BCUT2D eigenvalue weighted by atomic mass is 9.88. The maximum absolute atomic E-state index is 13.9. The third-order valence-corrected chi connectivity index (χ3v) is 7.77. The lowest BCUT2D eigenvalue weighted by molar-refractivity contribution is -0.118. The van der Waals surface area contributed by atoms with Crippen LogP contribution in [0.15, 0.2) is 108 Å². The molecule has 1 fully saturated rings. The molecule has 7 heteroatoms. The topological polar surface area (TPSA) is 80.1 Å². The number of pyridine rings is 1. The number of nitrogens with zero attached hydrogens (tertiary/aromatic N) is 4. The first-order valence-corrected chi connectivity index (χ1v) is 13.6. The van der Waals surface area contributed by atoms with E-state index in [-0.39, 0.29) is 11.5 Å². The second-order valence-corrected chi connectivity index (χ2v) is 10.4. The van der Waals surface area contributed by atoms with Gasteiger partial charge in [0.1, 0.15) is 11.9 Å². The van der Waals surface area contributed by atoms with Crippen LogP contribution in [-0.4, -0.2) is 45.5 Å². The number of benzene rings is 3. The fraction of sp³-hybridized carbons (Fsp3) is 0.212. The highest BCUT2D eigenvalue weighted by molar-refractivity contribution is 5.95. The maximum atomic E-state index is 13.9. The number of rotatable bonds is 6. The molecule has 1 N–H and O–H groups in total. The number of anilines is 1. The first-order valence-electron chi connectivity index (χ1n) is 13.6. The molecule has 0 radical (unpaired) electrons. The minimum Gasteiger partial charge on any atom is -0.309 e. The van der Waals surface area contributed by atoms with Gasteiger partial charge >= 0.3 is 0 Å². The summed E-state index contributed by atoms with van der Waals surface area (Å²) in [5.74, 6) is 0.639. The van der Waals surface area contributed by atoms with Crippen molar-refractivity contribution in [2.24, 2.45) is 0 Å². The van der Waals surface area contributed by atoms with Gasteiger partial charge in [-0.05, 0) is 85.4 Å². The lowest BCUT2D eigenvalue weighted by Gasteiger charge is -2.29. The van der Waals surface area contributed by atoms with Crippen molar-refractivity contribution in [2.75, 3.05) is 25.5 Å². The number of carbonyl (C=O) groups is 1. The SMILES string of the molecule is CN1CCC(c2ccc(-c3ccc4ncn(C(C(=O)Nc5ccccn5)c5ccccc5)c(=O)c4c3)cc2)CC1. The molecule has 0 spiro atoms. The number of amides is 1. The maximum Gasteiger partial charge on any atom is 0.262 e. The van der Waals surface area contributed by atoms with Crippen molar-refractivity contribution in [3.8, 4) is 11.1 Å². The standard InChI is InChI=1S/C33H31N5O2/c1-37-19-16-25(17-20-37)23-10-12-24(13-11-23)27-14-15-29-28(21-27)33(40)38(22-35-29)31(26-7-3-2-4-8-26)32(39)36-30-9-5-6-18-34-30/h2-15,18,21-22,25,31H,16-17,19-20H2,1H3,(H,34,36,39). The predicted octanol–water partition coefficient (Wildman–Crippen LogP) is 5.50. The Labute approximate surface area is 233 Å². The Bertz CT molecular complexity index is 1680. The summed E-state index contributed by atoms with van der Waals surface area (Å²) in [6, 6.07) is 28.1. The lowest BCUT2D eigenvalue weighted by Crippen LogP contribution is -2.34. The molecule has 200 valence electrons. The fourth-order valence-electron chi connectivity index (χ4n) is 5.49. The Morgan fingerprint density at radius 3 is 2.33 bits per heavy atom. The molecule has 0 aliphatic carbocycles. The number of hydrogen-bond acceptors (Lipinski definition) is 5. The normalized spacial score (nSPS) is 15.1. The van der Waals surface area contributed by atoms with Crippen LogP contribution >= 0.6 is 0 Å². The average molecular weight is 530 g/mol. The number of fused-ring (bicyclic) bond motifs is 1.